The van der Waals surface area contributed by atoms with Crippen LogP contribution in [0.25, 0.3) is 5.57 Å². The number of rotatable bonds is 1. The second-order valence-electron chi connectivity index (χ2n) is 3.71. The minimum Gasteiger partial charge on any atom is -0.462 e. The van der Waals surface area contributed by atoms with Crippen molar-refractivity contribution < 1.29 is 4.42 Å². The highest BCUT2D eigenvalue weighted by atomic mass is 16.3. The Morgan fingerprint density at radius 1 is 1.23 bits per heavy atom. The zero-order valence-electron chi connectivity index (χ0n) is 8.29. The van der Waals surface area contributed by atoms with Crippen LogP contribution in [0.2, 0.25) is 0 Å². The summed E-state index contributed by atoms with van der Waals surface area (Å²) in [5, 5.41) is 0. The Hall–Kier alpha value is -1.24. The van der Waals surface area contributed by atoms with Crippen molar-refractivity contribution in [1.82, 2.24) is 0 Å². The first-order chi connectivity index (χ1) is 6.16. The van der Waals surface area contributed by atoms with E-state index >= 15 is 0 Å². The van der Waals surface area contributed by atoms with Gasteiger partial charge in [0.25, 0.3) is 0 Å². The molecule has 1 aromatic rings. The molecule has 0 saturated carbocycles. The van der Waals surface area contributed by atoms with Gasteiger partial charge in [-0.1, -0.05) is 24.6 Å². The van der Waals surface area contributed by atoms with Crippen molar-refractivity contribution in [3.8, 4) is 0 Å². The molecule has 0 aromatic carbocycles. The van der Waals surface area contributed by atoms with E-state index in [1.54, 1.807) is 0 Å². The molecule has 1 aromatic heterocycles. The molecule has 1 unspecified atom stereocenters. The molecule has 0 saturated heterocycles. The summed E-state index contributed by atoms with van der Waals surface area (Å²) in [5.74, 6) is 2.48. The molecule has 0 bridgehead atoms. The number of aryl methyl sites for hydroxylation is 1. The topological polar surface area (TPSA) is 13.1 Å². The summed E-state index contributed by atoms with van der Waals surface area (Å²) < 4.78 is 5.58. The zero-order valence-corrected chi connectivity index (χ0v) is 8.29. The predicted octanol–water partition coefficient (Wildman–Crippen LogP) is 3.57. The van der Waals surface area contributed by atoms with Gasteiger partial charge >= 0.3 is 0 Å². The third-order valence-corrected chi connectivity index (χ3v) is 2.41. The second kappa shape index (κ2) is 2.91. The minimum absolute atomic E-state index is 0.491. The van der Waals surface area contributed by atoms with Gasteiger partial charge in [-0.15, -0.1) is 0 Å². The highest BCUT2D eigenvalue weighted by Gasteiger charge is 2.16. The lowest BCUT2D eigenvalue weighted by Gasteiger charge is -2.03. The molecular formula is C12H14O. The molecule has 0 aliphatic heterocycles. The maximum Gasteiger partial charge on any atom is 0.130 e. The van der Waals surface area contributed by atoms with Crippen LogP contribution in [0.5, 0.6) is 0 Å². The Morgan fingerprint density at radius 3 is 2.46 bits per heavy atom. The number of hydrogen-bond donors (Lipinski definition) is 0. The van der Waals surface area contributed by atoms with Crippen LogP contribution in [0.15, 0.2) is 34.3 Å². The molecule has 2 rings (SSSR count). The number of hydrogen-bond acceptors (Lipinski definition) is 1. The van der Waals surface area contributed by atoms with Gasteiger partial charge in [0.1, 0.15) is 11.5 Å². The molecule has 0 radical (unpaired) electrons. The summed E-state index contributed by atoms with van der Waals surface area (Å²) in [5.41, 5.74) is 2.63. The average molecular weight is 174 g/mol. The lowest BCUT2D eigenvalue weighted by Crippen LogP contribution is -1.88. The Bertz CT molecular complexity index is 380. The standard InChI is InChI=1S/C12H14O/c1-8-6-9(2)11(7-8)12-5-4-10(3)13-12/h4-7,9H,1-3H3. The molecule has 1 aliphatic rings. The van der Waals surface area contributed by atoms with Crippen LogP contribution in [-0.4, -0.2) is 0 Å². The first-order valence-corrected chi connectivity index (χ1v) is 4.63. The van der Waals surface area contributed by atoms with Crippen molar-refractivity contribution in [2.24, 2.45) is 5.92 Å². The normalized spacial score (nSPS) is 21.6. The molecule has 0 spiro atoms. The molecule has 1 atom stereocenters. The van der Waals surface area contributed by atoms with Gasteiger partial charge in [-0.25, -0.2) is 0 Å². The Labute approximate surface area is 78.8 Å². The molecule has 1 nitrogen and oxygen atoms in total. The molecule has 0 N–H and O–H groups in total. The Morgan fingerprint density at radius 2 is 2.00 bits per heavy atom. The Kier molecular flexibility index (Phi) is 1.87. The fraction of sp³-hybridized carbons (Fsp3) is 0.333. The highest BCUT2D eigenvalue weighted by Crippen LogP contribution is 2.32. The van der Waals surface area contributed by atoms with E-state index in [-0.39, 0.29) is 0 Å². The lowest BCUT2D eigenvalue weighted by atomic mass is 10.0. The summed E-state index contributed by atoms with van der Waals surface area (Å²) in [7, 11) is 0. The summed E-state index contributed by atoms with van der Waals surface area (Å²) in [6, 6.07) is 4.06. The molecular weight excluding hydrogens is 160 g/mol. The van der Waals surface area contributed by atoms with E-state index in [0.717, 1.165) is 11.5 Å². The SMILES string of the molecule is CC1=CC(C)C(c2ccc(C)o2)=C1. The van der Waals surface area contributed by atoms with Crippen molar-refractivity contribution in [3.63, 3.8) is 0 Å². The van der Waals surface area contributed by atoms with Crippen LogP contribution in [-0.2, 0) is 0 Å². The van der Waals surface area contributed by atoms with Gasteiger partial charge in [0, 0.05) is 11.5 Å². The van der Waals surface area contributed by atoms with E-state index in [4.69, 9.17) is 4.42 Å². The maximum absolute atomic E-state index is 5.58. The summed E-state index contributed by atoms with van der Waals surface area (Å²) in [4.78, 5) is 0. The van der Waals surface area contributed by atoms with Gasteiger partial charge in [0.2, 0.25) is 0 Å². The van der Waals surface area contributed by atoms with E-state index in [2.05, 4.69) is 26.0 Å². The smallest absolute Gasteiger partial charge is 0.130 e. The summed E-state index contributed by atoms with van der Waals surface area (Å²) in [6.07, 6.45) is 4.45. The van der Waals surface area contributed by atoms with Gasteiger partial charge in [0.05, 0.1) is 0 Å². The summed E-state index contributed by atoms with van der Waals surface area (Å²) >= 11 is 0. The largest absolute Gasteiger partial charge is 0.462 e. The maximum atomic E-state index is 5.58. The zero-order chi connectivity index (χ0) is 9.42. The van der Waals surface area contributed by atoms with Crippen LogP contribution in [0.3, 0.4) is 0 Å². The van der Waals surface area contributed by atoms with Crippen molar-refractivity contribution in [1.29, 1.82) is 0 Å². The second-order valence-corrected chi connectivity index (χ2v) is 3.71. The number of allylic oxidation sites excluding steroid dienone is 4. The van der Waals surface area contributed by atoms with Crippen LogP contribution in [0.1, 0.15) is 25.4 Å². The van der Waals surface area contributed by atoms with Crippen LogP contribution < -0.4 is 0 Å². The number of furan rings is 1. The molecule has 1 heteroatoms. The molecule has 1 heterocycles. The highest BCUT2D eigenvalue weighted by molar-refractivity contribution is 5.71. The van der Waals surface area contributed by atoms with E-state index in [1.165, 1.54) is 11.1 Å². The lowest BCUT2D eigenvalue weighted by molar-refractivity contribution is 0.517. The third-order valence-electron chi connectivity index (χ3n) is 2.41. The van der Waals surface area contributed by atoms with E-state index < -0.39 is 0 Å². The van der Waals surface area contributed by atoms with Gasteiger partial charge in [-0.2, -0.15) is 0 Å². The van der Waals surface area contributed by atoms with E-state index in [1.807, 2.05) is 19.1 Å². The van der Waals surface area contributed by atoms with Gasteiger partial charge in [0.15, 0.2) is 0 Å². The van der Waals surface area contributed by atoms with E-state index in [0.29, 0.717) is 5.92 Å². The van der Waals surface area contributed by atoms with E-state index in [9.17, 15) is 0 Å². The monoisotopic (exact) mass is 174 g/mol. The molecule has 0 fully saturated rings. The predicted molar refractivity (Wildman–Crippen MR) is 54.3 cm³/mol. The molecule has 1 aliphatic carbocycles. The fourth-order valence-electron chi connectivity index (χ4n) is 1.79. The van der Waals surface area contributed by atoms with Gasteiger partial charge < -0.3 is 4.42 Å². The summed E-state index contributed by atoms with van der Waals surface area (Å²) in [6.45, 7) is 6.30. The molecule has 0 amide bonds. The van der Waals surface area contributed by atoms with Crippen molar-refractivity contribution in [3.05, 3.63) is 41.4 Å². The Balaban J connectivity index is 2.34. The van der Waals surface area contributed by atoms with Gasteiger partial charge in [-0.3, -0.25) is 0 Å². The first-order valence-electron chi connectivity index (χ1n) is 4.63. The molecule has 13 heavy (non-hydrogen) atoms. The fourth-order valence-corrected chi connectivity index (χ4v) is 1.79. The first kappa shape index (κ1) is 8.36. The molecule has 68 valence electrons. The van der Waals surface area contributed by atoms with Crippen LogP contribution in [0, 0.1) is 12.8 Å². The average Bonchev–Trinajstić information content (AvgIpc) is 2.58. The van der Waals surface area contributed by atoms with Crippen LogP contribution in [0.4, 0.5) is 0 Å². The third kappa shape index (κ3) is 1.46. The van der Waals surface area contributed by atoms with Crippen LogP contribution >= 0.6 is 0 Å². The minimum atomic E-state index is 0.491. The van der Waals surface area contributed by atoms with Crippen molar-refractivity contribution >= 4 is 5.57 Å². The van der Waals surface area contributed by atoms with Crippen molar-refractivity contribution in [2.75, 3.05) is 0 Å². The van der Waals surface area contributed by atoms with Crippen molar-refractivity contribution in [2.45, 2.75) is 20.8 Å². The quantitative estimate of drug-likeness (QED) is 0.634. The van der Waals surface area contributed by atoms with Gasteiger partial charge in [-0.05, 0) is 26.0 Å².